The second-order valence-electron chi connectivity index (χ2n) is 2.00. The fourth-order valence-electron chi connectivity index (χ4n) is 0.562. The first-order chi connectivity index (χ1) is 3.72. The van der Waals surface area contributed by atoms with E-state index < -0.39 is 0 Å². The van der Waals surface area contributed by atoms with Gasteiger partial charge in [0.15, 0.2) is 0 Å². The molecule has 0 aliphatic carbocycles. The molecule has 0 atom stereocenters. The largest absolute Gasteiger partial charge is 2.00 e. The first-order valence-electron chi connectivity index (χ1n) is 2.65. The van der Waals surface area contributed by atoms with Crippen LogP contribution in [0.3, 0.4) is 0 Å². The smallest absolute Gasteiger partial charge is 1.00 e. The van der Waals surface area contributed by atoms with Crippen LogP contribution in [0.1, 0.15) is 20.8 Å². The zero-order valence-corrected chi connectivity index (χ0v) is 14.4. The SMILES string of the molecule is CC1=[As][As]C(C)=C1C.[Cl-].[Cl-].[Zr+2]. The molecule has 1 aliphatic heterocycles. The minimum atomic E-state index is 0. The summed E-state index contributed by atoms with van der Waals surface area (Å²) in [5.41, 5.74) is 1.63. The minimum absolute atomic E-state index is 0. The van der Waals surface area contributed by atoms with Crippen LogP contribution >= 0.6 is 0 Å². The maximum Gasteiger partial charge on any atom is 2.00 e. The number of halogens is 2. The minimum Gasteiger partial charge on any atom is -1.00 e. The number of allylic oxidation sites excluding steroid dienone is 2. The van der Waals surface area contributed by atoms with Crippen molar-refractivity contribution < 1.29 is 51.0 Å². The number of hydrogen-bond acceptors (Lipinski definition) is 0. The first kappa shape index (κ1) is 18.9. The summed E-state index contributed by atoms with van der Waals surface area (Å²) in [4.78, 5) is 0. The normalized spacial score (nSPS) is 17.9. The van der Waals surface area contributed by atoms with Gasteiger partial charge in [-0.25, -0.2) is 0 Å². The van der Waals surface area contributed by atoms with Crippen LogP contribution in [-0.2, 0) is 26.2 Å². The molecule has 0 amide bonds. The molecule has 1 rings (SSSR count). The van der Waals surface area contributed by atoms with Crippen LogP contribution in [0, 0.1) is 0 Å². The van der Waals surface area contributed by atoms with Crippen LogP contribution in [0.15, 0.2) is 9.93 Å². The van der Waals surface area contributed by atoms with Crippen molar-refractivity contribution in [1.29, 1.82) is 0 Å². The van der Waals surface area contributed by atoms with Crippen molar-refractivity contribution in [2.24, 2.45) is 0 Å². The Labute approximate surface area is 111 Å². The monoisotopic (exact) mass is 391 g/mol. The fourth-order valence-corrected chi connectivity index (χ4v) is 9.48. The Morgan fingerprint density at radius 1 is 1.00 bits per heavy atom. The molecule has 1 radical (unpaired) electrons. The Bertz CT molecular complexity index is 172. The van der Waals surface area contributed by atoms with Crippen molar-refractivity contribution in [2.45, 2.75) is 20.8 Å². The maximum absolute atomic E-state index is 2.29. The average Bonchev–Trinajstić information content (AvgIpc) is 1.98. The van der Waals surface area contributed by atoms with Crippen LogP contribution in [-0.4, -0.2) is 31.2 Å². The summed E-state index contributed by atoms with van der Waals surface area (Å²) in [6, 6.07) is 0. The molecular formula is C6H9As2Cl2Zr. The second-order valence-corrected chi connectivity index (χ2v) is 10.0. The summed E-state index contributed by atoms with van der Waals surface area (Å²) in [5.74, 6) is 0. The van der Waals surface area contributed by atoms with E-state index in [1.54, 1.807) is 14.2 Å². The van der Waals surface area contributed by atoms with Gasteiger partial charge in [-0.05, 0) is 0 Å². The Kier molecular flexibility index (Phi) is 15.1. The molecule has 5 heteroatoms. The van der Waals surface area contributed by atoms with Gasteiger partial charge in [0.25, 0.3) is 0 Å². The van der Waals surface area contributed by atoms with Crippen molar-refractivity contribution in [3.63, 3.8) is 0 Å². The van der Waals surface area contributed by atoms with Crippen molar-refractivity contribution in [1.82, 2.24) is 0 Å². The van der Waals surface area contributed by atoms with Gasteiger partial charge >= 0.3 is 88.1 Å². The molecular weight excluding hydrogens is 384 g/mol. The van der Waals surface area contributed by atoms with Gasteiger partial charge in [0, 0.05) is 0 Å². The molecule has 1 heterocycles. The molecule has 0 fully saturated rings. The quantitative estimate of drug-likeness (QED) is 0.362. The number of hydrogen-bond donors (Lipinski definition) is 0. The summed E-state index contributed by atoms with van der Waals surface area (Å²) >= 11 is 1.33. The Balaban J connectivity index is -0.000000213. The molecule has 0 aromatic heterocycles. The fraction of sp³-hybridized carbons (Fsp3) is 0.500. The molecule has 61 valence electrons. The van der Waals surface area contributed by atoms with E-state index in [0.29, 0.717) is 26.9 Å². The first-order valence-corrected chi connectivity index (χ1v) is 9.72. The van der Waals surface area contributed by atoms with E-state index in [1.165, 1.54) is 0 Å². The Morgan fingerprint density at radius 2 is 1.45 bits per heavy atom. The van der Waals surface area contributed by atoms with Crippen molar-refractivity contribution in [3.8, 4) is 0 Å². The van der Waals surface area contributed by atoms with Gasteiger partial charge in [-0.2, -0.15) is 0 Å². The topological polar surface area (TPSA) is 0 Å². The van der Waals surface area contributed by atoms with E-state index in [9.17, 15) is 0 Å². The van der Waals surface area contributed by atoms with E-state index in [1.807, 2.05) is 0 Å². The summed E-state index contributed by atoms with van der Waals surface area (Å²) in [6.07, 6.45) is 0. The van der Waals surface area contributed by atoms with Crippen molar-refractivity contribution in [2.75, 3.05) is 0 Å². The standard InChI is InChI=1S/C6H9As2.2ClH.Zr/c1-4-5(2)7-8-6(4)3;;;/h1-3H3;2*1H;/q;;;+2/p-2. The summed E-state index contributed by atoms with van der Waals surface area (Å²) in [7, 11) is 0. The second kappa shape index (κ2) is 8.77. The van der Waals surface area contributed by atoms with Crippen LogP contribution in [0.25, 0.3) is 0 Å². The zero-order valence-electron chi connectivity index (χ0n) is 6.65. The molecule has 0 bridgehead atoms. The van der Waals surface area contributed by atoms with E-state index in [4.69, 9.17) is 0 Å². The molecule has 0 unspecified atom stereocenters. The third kappa shape index (κ3) is 5.49. The number of rotatable bonds is 0. The molecule has 0 N–H and O–H groups in total. The van der Waals surface area contributed by atoms with Gasteiger partial charge in [0.2, 0.25) is 0 Å². The summed E-state index contributed by atoms with van der Waals surface area (Å²) < 4.78 is 3.44. The van der Waals surface area contributed by atoms with E-state index >= 15 is 0 Å². The average molecular weight is 393 g/mol. The summed E-state index contributed by atoms with van der Waals surface area (Å²) in [6.45, 7) is 6.85. The predicted octanol–water partition coefficient (Wildman–Crippen LogP) is -5.18. The molecule has 11 heavy (non-hydrogen) atoms. The van der Waals surface area contributed by atoms with Gasteiger partial charge in [-0.3, -0.25) is 0 Å². The molecule has 0 aromatic rings. The molecule has 0 spiro atoms. The molecule has 0 saturated carbocycles. The summed E-state index contributed by atoms with van der Waals surface area (Å²) in [5, 5.41) is 0. The Hall–Kier alpha value is 2.19. The van der Waals surface area contributed by atoms with E-state index in [0.717, 1.165) is 0 Å². The van der Waals surface area contributed by atoms with Gasteiger partial charge in [-0.1, -0.05) is 0 Å². The van der Waals surface area contributed by atoms with E-state index in [2.05, 4.69) is 20.8 Å². The third-order valence-electron chi connectivity index (χ3n) is 1.44. The third-order valence-corrected chi connectivity index (χ3v) is 11.9. The van der Waals surface area contributed by atoms with Gasteiger partial charge in [-0.15, -0.1) is 0 Å². The van der Waals surface area contributed by atoms with Crippen molar-refractivity contribution in [3.05, 3.63) is 9.93 Å². The Morgan fingerprint density at radius 3 is 1.55 bits per heavy atom. The predicted molar refractivity (Wildman–Crippen MR) is 40.6 cm³/mol. The molecule has 0 saturated heterocycles. The molecule has 1 aliphatic rings. The van der Waals surface area contributed by atoms with E-state index in [-0.39, 0.29) is 51.0 Å². The van der Waals surface area contributed by atoms with Crippen LogP contribution in [0.5, 0.6) is 0 Å². The van der Waals surface area contributed by atoms with Gasteiger partial charge < -0.3 is 24.8 Å². The maximum atomic E-state index is 2.29. The molecule has 0 nitrogen and oxygen atoms in total. The van der Waals surface area contributed by atoms with Crippen LogP contribution in [0.4, 0.5) is 0 Å². The zero-order chi connectivity index (χ0) is 6.15. The van der Waals surface area contributed by atoms with Gasteiger partial charge in [0.1, 0.15) is 0 Å². The van der Waals surface area contributed by atoms with Gasteiger partial charge in [0.05, 0.1) is 0 Å². The van der Waals surface area contributed by atoms with Crippen LogP contribution < -0.4 is 24.8 Å². The van der Waals surface area contributed by atoms with Crippen LogP contribution in [0.2, 0.25) is 0 Å². The molecule has 0 aromatic carbocycles. The van der Waals surface area contributed by atoms with Crippen molar-refractivity contribution >= 4 is 31.2 Å².